The third-order valence-electron chi connectivity index (χ3n) is 3.47. The minimum absolute atomic E-state index is 0.0395. The molecule has 0 radical (unpaired) electrons. The quantitative estimate of drug-likeness (QED) is 0.635. The van der Waals surface area contributed by atoms with E-state index in [4.69, 9.17) is 10.5 Å². The Hall–Kier alpha value is -0.960. The molecule has 1 aromatic heterocycles. The van der Waals surface area contributed by atoms with Crippen LogP contribution in [-0.2, 0) is 21.3 Å². The minimum atomic E-state index is -3.59. The van der Waals surface area contributed by atoms with E-state index in [1.807, 2.05) is 0 Å². The summed E-state index contributed by atoms with van der Waals surface area (Å²) in [6.45, 7) is 0.767. The molecule has 1 aromatic rings. The predicted molar refractivity (Wildman–Crippen MR) is 74.5 cm³/mol. The standard InChI is InChI=1S/C12H22N4O3S/c13-8-10-9-14-16-12(10)20(17,18)15-6-7-19-11-4-2-1-3-5-11/h9,11,15H,1-8,13H2,(H,14,16). The number of nitrogens with one attached hydrogen (secondary N) is 2. The van der Waals surface area contributed by atoms with Crippen LogP contribution in [0, 0.1) is 0 Å². The van der Waals surface area contributed by atoms with Gasteiger partial charge in [-0.2, -0.15) is 5.10 Å². The van der Waals surface area contributed by atoms with Crippen molar-refractivity contribution in [2.24, 2.45) is 5.73 Å². The summed E-state index contributed by atoms with van der Waals surface area (Å²) in [5.41, 5.74) is 5.94. The highest BCUT2D eigenvalue weighted by Crippen LogP contribution is 2.20. The van der Waals surface area contributed by atoms with Gasteiger partial charge in [0.2, 0.25) is 0 Å². The molecule has 0 saturated heterocycles. The Morgan fingerprint density at radius 2 is 2.15 bits per heavy atom. The zero-order valence-corrected chi connectivity index (χ0v) is 12.3. The van der Waals surface area contributed by atoms with Crippen LogP contribution in [0.15, 0.2) is 11.2 Å². The fourth-order valence-electron chi connectivity index (χ4n) is 2.38. The Balaban J connectivity index is 1.78. The third-order valence-corrected chi connectivity index (χ3v) is 4.94. The molecule has 0 atom stereocenters. The molecule has 114 valence electrons. The Morgan fingerprint density at radius 3 is 2.85 bits per heavy atom. The van der Waals surface area contributed by atoms with Gasteiger partial charge in [-0.1, -0.05) is 19.3 Å². The monoisotopic (exact) mass is 302 g/mol. The van der Waals surface area contributed by atoms with Gasteiger partial charge in [-0.05, 0) is 12.8 Å². The number of sulfonamides is 1. The first-order chi connectivity index (χ1) is 9.63. The number of H-pyrrole nitrogens is 1. The van der Waals surface area contributed by atoms with E-state index in [2.05, 4.69) is 14.9 Å². The maximum absolute atomic E-state index is 12.0. The number of aromatic amines is 1. The molecule has 2 rings (SSSR count). The molecule has 0 aliphatic heterocycles. The Labute approximate surface area is 119 Å². The SMILES string of the molecule is NCc1cn[nH]c1S(=O)(=O)NCCOC1CCCCC1. The van der Waals surface area contributed by atoms with Crippen LogP contribution in [0.4, 0.5) is 0 Å². The zero-order chi connectivity index (χ0) is 14.4. The van der Waals surface area contributed by atoms with E-state index in [0.717, 1.165) is 12.8 Å². The first-order valence-electron chi connectivity index (χ1n) is 6.97. The van der Waals surface area contributed by atoms with Crippen molar-refractivity contribution < 1.29 is 13.2 Å². The van der Waals surface area contributed by atoms with Crippen molar-refractivity contribution in [3.63, 3.8) is 0 Å². The summed E-state index contributed by atoms with van der Waals surface area (Å²) in [6.07, 6.45) is 7.52. The van der Waals surface area contributed by atoms with E-state index in [9.17, 15) is 8.42 Å². The maximum Gasteiger partial charge on any atom is 0.257 e. The topological polar surface area (TPSA) is 110 Å². The summed E-state index contributed by atoms with van der Waals surface area (Å²) in [5, 5.41) is 6.21. The van der Waals surface area contributed by atoms with Gasteiger partial charge >= 0.3 is 0 Å². The van der Waals surface area contributed by atoms with Gasteiger partial charge in [-0.3, -0.25) is 5.10 Å². The van der Waals surface area contributed by atoms with Gasteiger partial charge in [0.25, 0.3) is 10.0 Å². The van der Waals surface area contributed by atoms with Gasteiger partial charge in [-0.15, -0.1) is 0 Å². The molecule has 7 nitrogen and oxygen atoms in total. The Morgan fingerprint density at radius 1 is 1.40 bits per heavy atom. The minimum Gasteiger partial charge on any atom is -0.377 e. The number of hydrogen-bond donors (Lipinski definition) is 3. The third kappa shape index (κ3) is 4.02. The second-order valence-corrected chi connectivity index (χ2v) is 6.66. The van der Waals surface area contributed by atoms with Gasteiger partial charge in [0.15, 0.2) is 5.03 Å². The first-order valence-corrected chi connectivity index (χ1v) is 8.45. The highest BCUT2D eigenvalue weighted by molar-refractivity contribution is 7.89. The molecule has 1 saturated carbocycles. The molecule has 0 bridgehead atoms. The number of hydrogen-bond acceptors (Lipinski definition) is 5. The van der Waals surface area contributed by atoms with Crippen LogP contribution in [-0.4, -0.2) is 37.9 Å². The number of rotatable bonds is 7. The normalized spacial score (nSPS) is 17.4. The lowest BCUT2D eigenvalue weighted by Crippen LogP contribution is -2.30. The fourth-order valence-corrected chi connectivity index (χ4v) is 3.53. The van der Waals surface area contributed by atoms with Crippen LogP contribution in [0.25, 0.3) is 0 Å². The second kappa shape index (κ2) is 7.16. The fraction of sp³-hybridized carbons (Fsp3) is 0.750. The van der Waals surface area contributed by atoms with Crippen LogP contribution in [0.1, 0.15) is 37.7 Å². The molecule has 0 spiro atoms. The summed E-state index contributed by atoms with van der Waals surface area (Å²) >= 11 is 0. The van der Waals surface area contributed by atoms with Gasteiger partial charge in [-0.25, -0.2) is 13.1 Å². The molecule has 4 N–H and O–H groups in total. The van der Waals surface area contributed by atoms with E-state index >= 15 is 0 Å². The van der Waals surface area contributed by atoms with Gasteiger partial charge in [0.1, 0.15) is 0 Å². The van der Waals surface area contributed by atoms with Gasteiger partial charge < -0.3 is 10.5 Å². The van der Waals surface area contributed by atoms with Crippen molar-refractivity contribution in [2.75, 3.05) is 13.2 Å². The average molecular weight is 302 g/mol. The molecule has 1 aliphatic carbocycles. The van der Waals surface area contributed by atoms with Crippen molar-refractivity contribution in [1.29, 1.82) is 0 Å². The highest BCUT2D eigenvalue weighted by Gasteiger charge is 2.20. The molecule has 1 fully saturated rings. The lowest BCUT2D eigenvalue weighted by atomic mass is 9.98. The van der Waals surface area contributed by atoms with Crippen molar-refractivity contribution in [3.8, 4) is 0 Å². The molecule has 1 aliphatic rings. The highest BCUT2D eigenvalue weighted by atomic mass is 32.2. The average Bonchev–Trinajstić information content (AvgIpc) is 2.94. The van der Waals surface area contributed by atoms with Crippen LogP contribution in [0.5, 0.6) is 0 Å². The molecule has 0 aromatic carbocycles. The van der Waals surface area contributed by atoms with E-state index in [0.29, 0.717) is 12.2 Å². The molecule has 8 heteroatoms. The second-order valence-electron chi connectivity index (χ2n) is 4.96. The van der Waals surface area contributed by atoms with Gasteiger partial charge in [0.05, 0.1) is 18.9 Å². The molecule has 20 heavy (non-hydrogen) atoms. The van der Waals surface area contributed by atoms with Crippen molar-refractivity contribution >= 4 is 10.0 Å². The number of nitrogens with two attached hydrogens (primary N) is 1. The Kier molecular flexibility index (Phi) is 5.53. The number of nitrogens with zero attached hydrogens (tertiary/aromatic N) is 1. The molecule has 0 unspecified atom stereocenters. The van der Waals surface area contributed by atoms with Crippen LogP contribution in [0.3, 0.4) is 0 Å². The summed E-state index contributed by atoms with van der Waals surface area (Å²) < 4.78 is 32.2. The summed E-state index contributed by atoms with van der Waals surface area (Å²) in [4.78, 5) is 0. The molecule has 1 heterocycles. The first kappa shape index (κ1) is 15.4. The van der Waals surface area contributed by atoms with E-state index < -0.39 is 10.0 Å². The van der Waals surface area contributed by atoms with Crippen LogP contribution >= 0.6 is 0 Å². The lowest BCUT2D eigenvalue weighted by Gasteiger charge is -2.21. The van der Waals surface area contributed by atoms with Crippen LogP contribution < -0.4 is 10.5 Å². The molecular weight excluding hydrogens is 280 g/mol. The van der Waals surface area contributed by atoms with E-state index in [1.54, 1.807) is 0 Å². The smallest absolute Gasteiger partial charge is 0.257 e. The van der Waals surface area contributed by atoms with Crippen molar-refractivity contribution in [1.82, 2.24) is 14.9 Å². The largest absolute Gasteiger partial charge is 0.377 e. The molecule has 0 amide bonds. The van der Waals surface area contributed by atoms with Crippen molar-refractivity contribution in [3.05, 3.63) is 11.8 Å². The summed E-state index contributed by atoms with van der Waals surface area (Å²) in [5.74, 6) is 0. The van der Waals surface area contributed by atoms with E-state index in [-0.39, 0.29) is 24.2 Å². The Bertz CT molecular complexity index is 509. The summed E-state index contributed by atoms with van der Waals surface area (Å²) in [7, 11) is -3.59. The number of aromatic nitrogens is 2. The lowest BCUT2D eigenvalue weighted by molar-refractivity contribution is 0.0321. The summed E-state index contributed by atoms with van der Waals surface area (Å²) in [6, 6.07) is 0. The van der Waals surface area contributed by atoms with Gasteiger partial charge in [0, 0.05) is 18.7 Å². The number of ether oxygens (including phenoxy) is 1. The maximum atomic E-state index is 12.0. The zero-order valence-electron chi connectivity index (χ0n) is 11.5. The van der Waals surface area contributed by atoms with Crippen LogP contribution in [0.2, 0.25) is 0 Å². The molecular formula is C12H22N4O3S. The van der Waals surface area contributed by atoms with Crippen molar-refractivity contribution in [2.45, 2.75) is 49.8 Å². The predicted octanol–water partition coefficient (Wildman–Crippen LogP) is 0.496. The van der Waals surface area contributed by atoms with E-state index in [1.165, 1.54) is 25.5 Å².